The fraction of sp³-hybridized carbons (Fsp3) is 0.235. The topological polar surface area (TPSA) is 71.5 Å². The van der Waals surface area contributed by atoms with Crippen molar-refractivity contribution in [2.75, 3.05) is 23.9 Å². The molecule has 24 heavy (non-hydrogen) atoms. The summed E-state index contributed by atoms with van der Waals surface area (Å²) in [5.41, 5.74) is 1.18. The molecule has 6 nitrogen and oxygen atoms in total. The fourth-order valence-electron chi connectivity index (χ4n) is 2.67. The summed E-state index contributed by atoms with van der Waals surface area (Å²) in [6.45, 7) is 0.279. The molecule has 1 aromatic heterocycles. The Labute approximate surface area is 144 Å². The van der Waals surface area contributed by atoms with Crippen molar-refractivity contribution in [1.82, 2.24) is 4.98 Å². The monoisotopic (exact) mass is 345 g/mol. The van der Waals surface area contributed by atoms with Crippen molar-refractivity contribution in [3.63, 3.8) is 0 Å². The Morgan fingerprint density at radius 2 is 2.25 bits per heavy atom. The van der Waals surface area contributed by atoms with Gasteiger partial charge in [-0.1, -0.05) is 11.6 Å². The minimum Gasteiger partial charge on any atom is -0.495 e. The summed E-state index contributed by atoms with van der Waals surface area (Å²) < 4.78 is 5.29. The van der Waals surface area contributed by atoms with Crippen molar-refractivity contribution in [3.05, 3.63) is 47.7 Å². The first kappa shape index (κ1) is 16.3. The zero-order valence-electron chi connectivity index (χ0n) is 13.0. The second kappa shape index (κ2) is 6.88. The summed E-state index contributed by atoms with van der Waals surface area (Å²) in [6.07, 6.45) is 3.33. The van der Waals surface area contributed by atoms with E-state index in [0.717, 1.165) is 0 Å². The Morgan fingerprint density at radius 1 is 1.42 bits per heavy atom. The van der Waals surface area contributed by atoms with Gasteiger partial charge in [0.05, 0.1) is 30.6 Å². The molecular weight excluding hydrogens is 330 g/mol. The molecule has 0 spiro atoms. The minimum absolute atomic E-state index is 0.137. The second-order valence-electron chi connectivity index (χ2n) is 5.45. The predicted octanol–water partition coefficient (Wildman–Crippen LogP) is 2.74. The van der Waals surface area contributed by atoms with E-state index in [1.54, 1.807) is 42.7 Å². The van der Waals surface area contributed by atoms with E-state index in [1.165, 1.54) is 12.0 Å². The van der Waals surface area contributed by atoms with Gasteiger partial charge in [0.1, 0.15) is 5.75 Å². The van der Waals surface area contributed by atoms with Crippen LogP contribution in [0.15, 0.2) is 42.7 Å². The van der Waals surface area contributed by atoms with E-state index in [1.807, 2.05) is 0 Å². The number of nitrogens with one attached hydrogen (secondary N) is 1. The van der Waals surface area contributed by atoms with Crippen LogP contribution in [-0.2, 0) is 9.59 Å². The molecule has 1 aliphatic heterocycles. The van der Waals surface area contributed by atoms with E-state index in [0.29, 0.717) is 22.1 Å². The molecule has 1 saturated heterocycles. The Hall–Kier alpha value is -2.60. The number of benzene rings is 1. The molecule has 2 heterocycles. The first-order valence-corrected chi connectivity index (χ1v) is 7.81. The lowest BCUT2D eigenvalue weighted by Crippen LogP contribution is -2.28. The average molecular weight is 346 g/mol. The van der Waals surface area contributed by atoms with E-state index in [4.69, 9.17) is 16.3 Å². The summed E-state index contributed by atoms with van der Waals surface area (Å²) in [7, 11) is 1.53. The van der Waals surface area contributed by atoms with Gasteiger partial charge in [-0.3, -0.25) is 14.6 Å². The Kier molecular flexibility index (Phi) is 4.66. The Morgan fingerprint density at radius 3 is 2.96 bits per heavy atom. The maximum Gasteiger partial charge on any atom is 0.229 e. The molecule has 1 fully saturated rings. The number of hydrogen-bond donors (Lipinski definition) is 1. The normalized spacial score (nSPS) is 17.0. The van der Waals surface area contributed by atoms with Crippen molar-refractivity contribution in [1.29, 1.82) is 0 Å². The molecule has 2 aromatic rings. The SMILES string of the molecule is COc1ccc(Cl)cc1N1CC(C(=O)Nc2cccnc2)CC1=O. The molecule has 0 saturated carbocycles. The zero-order valence-corrected chi connectivity index (χ0v) is 13.8. The maximum atomic E-state index is 12.4. The van der Waals surface area contributed by atoms with E-state index in [-0.39, 0.29) is 24.8 Å². The van der Waals surface area contributed by atoms with Gasteiger partial charge in [0.25, 0.3) is 0 Å². The quantitative estimate of drug-likeness (QED) is 0.924. The third-order valence-electron chi connectivity index (χ3n) is 3.86. The Balaban J connectivity index is 1.76. The van der Waals surface area contributed by atoms with Crippen molar-refractivity contribution in [3.8, 4) is 5.75 Å². The van der Waals surface area contributed by atoms with E-state index < -0.39 is 5.92 Å². The number of carbonyl (C=O) groups excluding carboxylic acids is 2. The average Bonchev–Trinajstić information content (AvgIpc) is 2.97. The van der Waals surface area contributed by atoms with Gasteiger partial charge in [-0.05, 0) is 30.3 Å². The minimum atomic E-state index is -0.443. The number of pyridine rings is 1. The van der Waals surface area contributed by atoms with Gasteiger partial charge in [-0.15, -0.1) is 0 Å². The van der Waals surface area contributed by atoms with Crippen LogP contribution in [0.5, 0.6) is 5.75 Å². The van der Waals surface area contributed by atoms with Gasteiger partial charge in [0, 0.05) is 24.2 Å². The predicted molar refractivity (Wildman–Crippen MR) is 91.3 cm³/mol. The largest absolute Gasteiger partial charge is 0.495 e. The molecular formula is C17H16ClN3O3. The molecule has 2 amide bonds. The van der Waals surface area contributed by atoms with Gasteiger partial charge in [0.15, 0.2) is 0 Å². The summed E-state index contributed by atoms with van der Waals surface area (Å²) in [5.74, 6) is -0.246. The lowest BCUT2D eigenvalue weighted by molar-refractivity contribution is -0.122. The van der Waals surface area contributed by atoms with E-state index >= 15 is 0 Å². The first-order chi connectivity index (χ1) is 11.6. The molecule has 7 heteroatoms. The van der Waals surface area contributed by atoms with Crippen molar-refractivity contribution >= 4 is 34.8 Å². The van der Waals surface area contributed by atoms with Crippen LogP contribution in [-0.4, -0.2) is 30.5 Å². The summed E-state index contributed by atoms with van der Waals surface area (Å²) in [5, 5.41) is 3.28. The van der Waals surface area contributed by atoms with Crippen LogP contribution >= 0.6 is 11.6 Å². The highest BCUT2D eigenvalue weighted by atomic mass is 35.5. The van der Waals surface area contributed by atoms with Crippen LogP contribution in [0.3, 0.4) is 0 Å². The van der Waals surface area contributed by atoms with Crippen molar-refractivity contribution < 1.29 is 14.3 Å². The van der Waals surface area contributed by atoms with Crippen molar-refractivity contribution in [2.45, 2.75) is 6.42 Å². The smallest absolute Gasteiger partial charge is 0.229 e. The standard InChI is InChI=1S/C17H16ClN3O3/c1-24-15-5-4-12(18)8-14(15)21-10-11(7-16(21)22)17(23)20-13-3-2-6-19-9-13/h2-6,8-9,11H,7,10H2,1H3,(H,20,23). The molecule has 3 rings (SSSR count). The molecule has 1 unspecified atom stereocenters. The van der Waals surface area contributed by atoms with Gasteiger partial charge in [0.2, 0.25) is 11.8 Å². The number of carbonyl (C=O) groups is 2. The molecule has 0 radical (unpaired) electrons. The zero-order chi connectivity index (χ0) is 17.1. The van der Waals surface area contributed by atoms with Crippen LogP contribution in [0.1, 0.15) is 6.42 Å². The molecule has 0 aliphatic carbocycles. The number of ether oxygens (including phenoxy) is 1. The molecule has 1 aromatic carbocycles. The number of hydrogen-bond acceptors (Lipinski definition) is 4. The highest BCUT2D eigenvalue weighted by Crippen LogP contribution is 2.35. The lowest BCUT2D eigenvalue weighted by atomic mass is 10.1. The molecule has 124 valence electrons. The van der Waals surface area contributed by atoms with Crippen LogP contribution < -0.4 is 15.0 Å². The highest BCUT2D eigenvalue weighted by Gasteiger charge is 2.36. The fourth-order valence-corrected chi connectivity index (χ4v) is 2.84. The Bertz CT molecular complexity index is 767. The summed E-state index contributed by atoms with van der Waals surface area (Å²) in [4.78, 5) is 30.2. The van der Waals surface area contributed by atoms with Gasteiger partial charge < -0.3 is 15.0 Å². The summed E-state index contributed by atoms with van der Waals surface area (Å²) >= 11 is 6.03. The lowest BCUT2D eigenvalue weighted by Gasteiger charge is -2.19. The number of aromatic nitrogens is 1. The molecule has 1 atom stereocenters. The number of amides is 2. The summed E-state index contributed by atoms with van der Waals surface area (Å²) in [6, 6.07) is 8.54. The third kappa shape index (κ3) is 3.33. The number of halogens is 1. The second-order valence-corrected chi connectivity index (χ2v) is 5.89. The molecule has 1 aliphatic rings. The highest BCUT2D eigenvalue weighted by molar-refractivity contribution is 6.31. The van der Waals surface area contributed by atoms with Crippen molar-refractivity contribution in [2.24, 2.45) is 5.92 Å². The van der Waals surface area contributed by atoms with Crippen LogP contribution in [0.25, 0.3) is 0 Å². The first-order valence-electron chi connectivity index (χ1n) is 7.43. The molecule has 1 N–H and O–H groups in total. The third-order valence-corrected chi connectivity index (χ3v) is 4.09. The van der Waals surface area contributed by atoms with Crippen LogP contribution in [0.4, 0.5) is 11.4 Å². The van der Waals surface area contributed by atoms with Gasteiger partial charge in [-0.2, -0.15) is 0 Å². The van der Waals surface area contributed by atoms with E-state index in [2.05, 4.69) is 10.3 Å². The van der Waals surface area contributed by atoms with Gasteiger partial charge in [-0.25, -0.2) is 0 Å². The number of rotatable bonds is 4. The maximum absolute atomic E-state index is 12.4. The number of methoxy groups -OCH3 is 1. The molecule has 0 bridgehead atoms. The van der Waals surface area contributed by atoms with Crippen LogP contribution in [0, 0.1) is 5.92 Å². The number of nitrogens with zero attached hydrogens (tertiary/aromatic N) is 2. The van der Waals surface area contributed by atoms with Gasteiger partial charge >= 0.3 is 0 Å². The van der Waals surface area contributed by atoms with E-state index in [9.17, 15) is 9.59 Å². The number of anilines is 2. The van der Waals surface area contributed by atoms with Crippen LogP contribution in [0.2, 0.25) is 5.02 Å².